The van der Waals surface area contributed by atoms with Crippen LogP contribution in [0.5, 0.6) is 0 Å². The number of hydrogen-bond donors (Lipinski definition) is 2. The minimum atomic E-state index is -0.381. The second kappa shape index (κ2) is 8.50. The van der Waals surface area contributed by atoms with Crippen LogP contribution in [0.2, 0.25) is 0 Å². The summed E-state index contributed by atoms with van der Waals surface area (Å²) in [7, 11) is 1.34. The first-order valence-electron chi connectivity index (χ1n) is 5.77. The lowest BCUT2D eigenvalue weighted by atomic mass is 10.1. The van der Waals surface area contributed by atoms with Gasteiger partial charge in [-0.15, -0.1) is 12.4 Å². The maximum Gasteiger partial charge on any atom is 0.338 e. The standard InChI is InChI=1S/C13H18N2O3.ClH/c1-9-8-10(15-12(16)4-3-7-14)5-6-11(9)13(17)18-2;/h5-6,8H,3-4,7,14H2,1-2H3,(H,15,16);1H. The van der Waals surface area contributed by atoms with Gasteiger partial charge in [0.05, 0.1) is 12.7 Å². The molecule has 0 bridgehead atoms. The Balaban J connectivity index is 0.00000324. The first-order chi connectivity index (χ1) is 8.58. The van der Waals surface area contributed by atoms with Gasteiger partial charge in [-0.1, -0.05) is 0 Å². The summed E-state index contributed by atoms with van der Waals surface area (Å²) in [6.07, 6.45) is 1.05. The van der Waals surface area contributed by atoms with Crippen LogP contribution in [-0.4, -0.2) is 25.5 Å². The van der Waals surface area contributed by atoms with Crippen molar-refractivity contribution in [1.29, 1.82) is 0 Å². The largest absolute Gasteiger partial charge is 0.465 e. The van der Waals surface area contributed by atoms with E-state index < -0.39 is 0 Å². The second-order valence-corrected chi connectivity index (χ2v) is 3.96. The maximum atomic E-state index is 11.5. The molecule has 1 amide bonds. The van der Waals surface area contributed by atoms with Crippen molar-refractivity contribution in [3.8, 4) is 0 Å². The number of ether oxygens (including phenoxy) is 1. The Bertz CT molecular complexity index is 450. The zero-order chi connectivity index (χ0) is 13.5. The summed E-state index contributed by atoms with van der Waals surface area (Å²) in [5.74, 6) is -0.459. The number of methoxy groups -OCH3 is 1. The molecule has 19 heavy (non-hydrogen) atoms. The van der Waals surface area contributed by atoms with E-state index in [9.17, 15) is 9.59 Å². The van der Waals surface area contributed by atoms with Crippen LogP contribution in [0.25, 0.3) is 0 Å². The Hall–Kier alpha value is -1.59. The van der Waals surface area contributed by atoms with Gasteiger partial charge in [-0.05, 0) is 43.7 Å². The number of hydrogen-bond acceptors (Lipinski definition) is 4. The lowest BCUT2D eigenvalue weighted by Gasteiger charge is -2.08. The number of esters is 1. The van der Waals surface area contributed by atoms with E-state index >= 15 is 0 Å². The minimum absolute atomic E-state index is 0. The number of benzene rings is 1. The van der Waals surface area contributed by atoms with Gasteiger partial charge in [0.1, 0.15) is 0 Å². The van der Waals surface area contributed by atoms with E-state index in [4.69, 9.17) is 5.73 Å². The molecule has 5 nitrogen and oxygen atoms in total. The zero-order valence-corrected chi connectivity index (χ0v) is 11.9. The van der Waals surface area contributed by atoms with E-state index in [1.807, 2.05) is 0 Å². The molecular formula is C13H19ClN2O3. The van der Waals surface area contributed by atoms with Gasteiger partial charge in [-0.3, -0.25) is 4.79 Å². The average Bonchev–Trinajstić information content (AvgIpc) is 2.35. The SMILES string of the molecule is COC(=O)c1ccc(NC(=O)CCCN)cc1C.Cl. The highest BCUT2D eigenvalue weighted by molar-refractivity contribution is 5.94. The van der Waals surface area contributed by atoms with Crippen molar-refractivity contribution in [2.24, 2.45) is 5.73 Å². The van der Waals surface area contributed by atoms with Crippen molar-refractivity contribution in [3.63, 3.8) is 0 Å². The van der Waals surface area contributed by atoms with Gasteiger partial charge in [0.2, 0.25) is 5.91 Å². The van der Waals surface area contributed by atoms with Gasteiger partial charge < -0.3 is 15.8 Å². The number of carbonyl (C=O) groups excluding carboxylic acids is 2. The van der Waals surface area contributed by atoms with E-state index in [1.165, 1.54) is 7.11 Å². The summed E-state index contributed by atoms with van der Waals surface area (Å²) < 4.78 is 4.65. The molecule has 1 rings (SSSR count). The van der Waals surface area contributed by atoms with E-state index in [2.05, 4.69) is 10.1 Å². The van der Waals surface area contributed by atoms with E-state index in [1.54, 1.807) is 25.1 Å². The fourth-order valence-corrected chi connectivity index (χ4v) is 1.57. The van der Waals surface area contributed by atoms with Crippen molar-refractivity contribution in [3.05, 3.63) is 29.3 Å². The van der Waals surface area contributed by atoms with Crippen LogP contribution in [0.4, 0.5) is 5.69 Å². The Kier molecular flexibility index (Phi) is 7.79. The molecule has 0 aromatic heterocycles. The molecule has 0 heterocycles. The molecule has 3 N–H and O–H groups in total. The van der Waals surface area contributed by atoms with Crippen LogP contribution >= 0.6 is 12.4 Å². The summed E-state index contributed by atoms with van der Waals surface area (Å²) in [5.41, 5.74) is 7.26. The summed E-state index contributed by atoms with van der Waals surface area (Å²) >= 11 is 0. The molecule has 1 aromatic carbocycles. The van der Waals surface area contributed by atoms with Crippen molar-refractivity contribution in [2.45, 2.75) is 19.8 Å². The molecular weight excluding hydrogens is 268 g/mol. The second-order valence-electron chi connectivity index (χ2n) is 3.96. The summed E-state index contributed by atoms with van der Waals surface area (Å²) in [6.45, 7) is 2.29. The highest BCUT2D eigenvalue weighted by Gasteiger charge is 2.10. The van der Waals surface area contributed by atoms with Gasteiger partial charge in [-0.2, -0.15) is 0 Å². The molecule has 106 valence electrons. The predicted octanol–water partition coefficient (Wildman–Crippen LogP) is 1.88. The summed E-state index contributed by atoms with van der Waals surface area (Å²) in [4.78, 5) is 22.9. The summed E-state index contributed by atoms with van der Waals surface area (Å²) in [5, 5.41) is 2.76. The number of carbonyl (C=O) groups is 2. The fourth-order valence-electron chi connectivity index (χ4n) is 1.57. The van der Waals surface area contributed by atoms with Crippen molar-refractivity contribution in [1.82, 2.24) is 0 Å². The van der Waals surface area contributed by atoms with Gasteiger partial charge in [0, 0.05) is 12.1 Å². The average molecular weight is 287 g/mol. The van der Waals surface area contributed by atoms with Crippen LogP contribution in [0, 0.1) is 6.92 Å². The number of anilines is 1. The molecule has 0 atom stereocenters. The number of nitrogens with one attached hydrogen (secondary N) is 1. The number of nitrogens with two attached hydrogens (primary N) is 1. The molecule has 0 fully saturated rings. The molecule has 0 spiro atoms. The first-order valence-corrected chi connectivity index (χ1v) is 5.77. The van der Waals surface area contributed by atoms with E-state index in [0.717, 1.165) is 5.56 Å². The number of amides is 1. The topological polar surface area (TPSA) is 81.4 Å². The first kappa shape index (κ1) is 17.4. The molecule has 6 heteroatoms. The third kappa shape index (κ3) is 5.28. The van der Waals surface area contributed by atoms with Gasteiger partial charge in [0.25, 0.3) is 0 Å². The van der Waals surface area contributed by atoms with Crippen LogP contribution in [0.15, 0.2) is 18.2 Å². The number of halogens is 1. The van der Waals surface area contributed by atoms with Crippen LogP contribution < -0.4 is 11.1 Å². The van der Waals surface area contributed by atoms with Gasteiger partial charge >= 0.3 is 5.97 Å². The lowest BCUT2D eigenvalue weighted by molar-refractivity contribution is -0.116. The monoisotopic (exact) mass is 286 g/mol. The number of aryl methyl sites for hydroxylation is 1. The van der Waals surface area contributed by atoms with Gasteiger partial charge in [0.15, 0.2) is 0 Å². The quantitative estimate of drug-likeness (QED) is 0.810. The van der Waals surface area contributed by atoms with Crippen LogP contribution in [0.1, 0.15) is 28.8 Å². The Morgan fingerprint density at radius 1 is 1.37 bits per heavy atom. The van der Waals surface area contributed by atoms with Gasteiger partial charge in [-0.25, -0.2) is 4.79 Å². The normalized spacial score (nSPS) is 9.42. The molecule has 0 radical (unpaired) electrons. The van der Waals surface area contributed by atoms with E-state index in [0.29, 0.717) is 30.6 Å². The van der Waals surface area contributed by atoms with E-state index in [-0.39, 0.29) is 24.3 Å². The Morgan fingerprint density at radius 2 is 2.05 bits per heavy atom. The molecule has 0 aliphatic rings. The molecule has 0 aliphatic carbocycles. The van der Waals surface area contributed by atoms with Crippen LogP contribution in [0.3, 0.4) is 0 Å². The Morgan fingerprint density at radius 3 is 2.58 bits per heavy atom. The molecule has 0 saturated heterocycles. The zero-order valence-electron chi connectivity index (χ0n) is 11.1. The summed E-state index contributed by atoms with van der Waals surface area (Å²) in [6, 6.07) is 5.06. The molecule has 1 aromatic rings. The lowest BCUT2D eigenvalue weighted by Crippen LogP contribution is -2.14. The van der Waals surface area contributed by atoms with Crippen LogP contribution in [-0.2, 0) is 9.53 Å². The van der Waals surface area contributed by atoms with Crippen molar-refractivity contribution >= 4 is 30.0 Å². The molecule has 0 aliphatic heterocycles. The third-order valence-corrected chi connectivity index (χ3v) is 2.52. The highest BCUT2D eigenvalue weighted by Crippen LogP contribution is 2.16. The number of rotatable bonds is 5. The molecule has 0 unspecified atom stereocenters. The van der Waals surface area contributed by atoms with Crippen molar-refractivity contribution in [2.75, 3.05) is 19.0 Å². The molecule has 0 saturated carbocycles. The predicted molar refractivity (Wildman–Crippen MR) is 76.7 cm³/mol. The third-order valence-electron chi connectivity index (χ3n) is 2.52. The van der Waals surface area contributed by atoms with Crippen molar-refractivity contribution < 1.29 is 14.3 Å². The highest BCUT2D eigenvalue weighted by atomic mass is 35.5. The smallest absolute Gasteiger partial charge is 0.338 e. The maximum absolute atomic E-state index is 11.5. The minimum Gasteiger partial charge on any atom is -0.465 e. The fraction of sp³-hybridized carbons (Fsp3) is 0.385. The Labute approximate surface area is 118 Å².